The first-order chi connectivity index (χ1) is 18.0. The van der Waals surface area contributed by atoms with Crippen molar-refractivity contribution in [2.75, 3.05) is 6.61 Å². The van der Waals surface area contributed by atoms with Crippen molar-refractivity contribution in [1.82, 2.24) is 19.4 Å². The SMILES string of the molecule is CCOc1nn2c(=O)n(Cc3ccc(C(F)(F)F)cc3)nc2c(-c2ccc(Cl)cc2)c1/C(C)=C/C=C(\C)Cl. The van der Waals surface area contributed by atoms with Gasteiger partial charge in [-0.05, 0) is 67.8 Å². The summed E-state index contributed by atoms with van der Waals surface area (Å²) in [5, 5.41) is 10.1. The molecule has 0 saturated heterocycles. The second-order valence-electron chi connectivity index (χ2n) is 8.47. The number of halogens is 5. The number of benzene rings is 2. The lowest BCUT2D eigenvalue weighted by Gasteiger charge is -2.15. The molecule has 0 aliphatic rings. The van der Waals surface area contributed by atoms with E-state index in [1.165, 1.54) is 12.1 Å². The maximum Gasteiger partial charge on any atom is 0.416 e. The maximum atomic E-state index is 13.4. The molecule has 38 heavy (non-hydrogen) atoms. The standard InChI is InChI=1S/C27H23Cl2F3N4O2/c1-4-38-25-22(16(2)5-6-17(3)28)23(19-9-13-21(29)14-10-19)24-33-35(26(37)36(24)34-25)15-18-7-11-20(12-8-18)27(30,31)32/h5-14H,4,15H2,1-3H3/b16-5+,17-6+. The van der Waals surface area contributed by atoms with Gasteiger partial charge in [0.2, 0.25) is 5.88 Å². The third-order valence-corrected chi connectivity index (χ3v) is 6.06. The third-order valence-electron chi connectivity index (χ3n) is 5.68. The molecule has 198 valence electrons. The van der Waals surface area contributed by atoms with E-state index in [0.29, 0.717) is 32.3 Å². The van der Waals surface area contributed by atoms with Crippen molar-refractivity contribution in [2.45, 2.75) is 33.5 Å². The predicted molar refractivity (Wildman–Crippen MR) is 143 cm³/mol. The van der Waals surface area contributed by atoms with Gasteiger partial charge in [0, 0.05) is 15.6 Å². The molecule has 0 atom stereocenters. The number of ether oxygens (including phenoxy) is 1. The van der Waals surface area contributed by atoms with E-state index < -0.39 is 17.4 Å². The van der Waals surface area contributed by atoms with Gasteiger partial charge in [0.1, 0.15) is 0 Å². The molecule has 6 nitrogen and oxygen atoms in total. The van der Waals surface area contributed by atoms with Crippen molar-refractivity contribution >= 4 is 34.4 Å². The van der Waals surface area contributed by atoms with Gasteiger partial charge in [-0.1, -0.05) is 53.5 Å². The first-order valence-electron chi connectivity index (χ1n) is 11.6. The van der Waals surface area contributed by atoms with Gasteiger partial charge < -0.3 is 4.74 Å². The molecule has 0 amide bonds. The Labute approximate surface area is 226 Å². The number of allylic oxidation sites excluding steroid dienone is 4. The Hall–Kier alpha value is -3.56. The van der Waals surface area contributed by atoms with Crippen LogP contribution in [0.4, 0.5) is 13.2 Å². The minimum atomic E-state index is -4.45. The molecule has 2 heterocycles. The van der Waals surface area contributed by atoms with Crippen LogP contribution in [-0.4, -0.2) is 26.0 Å². The van der Waals surface area contributed by atoms with Gasteiger partial charge in [0.05, 0.1) is 24.3 Å². The van der Waals surface area contributed by atoms with Gasteiger partial charge in [-0.3, -0.25) is 0 Å². The van der Waals surface area contributed by atoms with Crippen LogP contribution in [0.3, 0.4) is 0 Å². The summed E-state index contributed by atoms with van der Waals surface area (Å²) in [5.74, 6) is 0.218. The highest BCUT2D eigenvalue weighted by molar-refractivity contribution is 6.30. The molecule has 11 heteroatoms. The van der Waals surface area contributed by atoms with Gasteiger partial charge >= 0.3 is 11.9 Å². The van der Waals surface area contributed by atoms with Crippen LogP contribution in [0.2, 0.25) is 5.02 Å². The number of fused-ring (bicyclic) bond motifs is 1. The number of hydrogen-bond donors (Lipinski definition) is 0. The summed E-state index contributed by atoms with van der Waals surface area (Å²) in [6, 6.07) is 11.6. The van der Waals surface area contributed by atoms with Gasteiger partial charge in [-0.2, -0.15) is 17.7 Å². The van der Waals surface area contributed by atoms with Crippen LogP contribution in [0.1, 0.15) is 37.5 Å². The summed E-state index contributed by atoms with van der Waals surface area (Å²) in [5.41, 5.74) is 2.05. The van der Waals surface area contributed by atoms with E-state index in [0.717, 1.165) is 26.9 Å². The van der Waals surface area contributed by atoms with Crippen molar-refractivity contribution in [2.24, 2.45) is 0 Å². The average molecular weight is 563 g/mol. The zero-order valence-corrected chi connectivity index (χ0v) is 22.2. The smallest absolute Gasteiger partial charge is 0.416 e. The second kappa shape index (κ2) is 11.0. The molecule has 0 radical (unpaired) electrons. The van der Waals surface area contributed by atoms with Gasteiger partial charge in [-0.25, -0.2) is 9.48 Å². The first-order valence-corrected chi connectivity index (χ1v) is 12.3. The fraction of sp³-hybridized carbons (Fsp3) is 0.222. The lowest BCUT2D eigenvalue weighted by Crippen LogP contribution is -2.23. The topological polar surface area (TPSA) is 61.4 Å². The number of hydrogen-bond acceptors (Lipinski definition) is 4. The van der Waals surface area contributed by atoms with Crippen LogP contribution in [0.25, 0.3) is 22.3 Å². The molecule has 0 bridgehead atoms. The summed E-state index contributed by atoms with van der Waals surface area (Å²) in [6.07, 6.45) is -0.905. The first kappa shape index (κ1) is 27.5. The van der Waals surface area contributed by atoms with Crippen LogP contribution in [0, 0.1) is 0 Å². The van der Waals surface area contributed by atoms with Crippen molar-refractivity contribution in [1.29, 1.82) is 0 Å². The highest BCUT2D eigenvalue weighted by Gasteiger charge is 2.30. The Kier molecular flexibility index (Phi) is 7.99. The maximum absolute atomic E-state index is 13.4. The molecular weight excluding hydrogens is 540 g/mol. The van der Waals surface area contributed by atoms with Gasteiger partial charge in [0.15, 0.2) is 5.65 Å². The van der Waals surface area contributed by atoms with E-state index in [2.05, 4.69) is 10.2 Å². The Balaban J connectivity index is 1.96. The van der Waals surface area contributed by atoms with Crippen molar-refractivity contribution in [3.05, 3.63) is 97.9 Å². The second-order valence-corrected chi connectivity index (χ2v) is 9.50. The number of alkyl halides is 3. The molecule has 0 fully saturated rings. The quantitative estimate of drug-likeness (QED) is 0.223. The molecule has 0 saturated carbocycles. The summed E-state index contributed by atoms with van der Waals surface area (Å²) < 4.78 is 47.1. The van der Waals surface area contributed by atoms with E-state index in [4.69, 9.17) is 27.9 Å². The van der Waals surface area contributed by atoms with Crippen LogP contribution in [0.15, 0.2) is 70.5 Å². The van der Waals surface area contributed by atoms with Crippen molar-refractivity contribution < 1.29 is 17.9 Å². The van der Waals surface area contributed by atoms with Crippen molar-refractivity contribution in [3.8, 4) is 17.0 Å². The largest absolute Gasteiger partial charge is 0.476 e. The molecule has 0 N–H and O–H groups in total. The van der Waals surface area contributed by atoms with Crippen molar-refractivity contribution in [3.63, 3.8) is 0 Å². The van der Waals surface area contributed by atoms with E-state index >= 15 is 0 Å². The van der Waals surface area contributed by atoms with E-state index in [1.54, 1.807) is 44.2 Å². The van der Waals surface area contributed by atoms with E-state index in [9.17, 15) is 18.0 Å². The minimum absolute atomic E-state index is 0.0529. The molecule has 0 unspecified atom stereocenters. The molecule has 0 aliphatic heterocycles. The Morgan fingerprint density at radius 2 is 1.68 bits per heavy atom. The van der Waals surface area contributed by atoms with Crippen LogP contribution < -0.4 is 10.4 Å². The molecular formula is C27H23Cl2F3N4O2. The normalized spacial score (nSPS) is 12.8. The molecule has 4 rings (SSSR count). The third kappa shape index (κ3) is 5.79. The Morgan fingerprint density at radius 1 is 1.03 bits per heavy atom. The van der Waals surface area contributed by atoms with Crippen LogP contribution in [-0.2, 0) is 12.7 Å². The summed E-state index contributed by atoms with van der Waals surface area (Å²) >= 11 is 12.2. The predicted octanol–water partition coefficient (Wildman–Crippen LogP) is 7.22. The fourth-order valence-electron chi connectivity index (χ4n) is 3.90. The van der Waals surface area contributed by atoms with Gasteiger partial charge in [-0.15, -0.1) is 10.2 Å². The lowest BCUT2D eigenvalue weighted by molar-refractivity contribution is -0.137. The zero-order chi connectivity index (χ0) is 27.6. The molecule has 0 spiro atoms. The van der Waals surface area contributed by atoms with E-state index in [1.807, 2.05) is 13.0 Å². The van der Waals surface area contributed by atoms with Gasteiger partial charge in [0.25, 0.3) is 0 Å². The molecule has 2 aromatic heterocycles. The highest BCUT2D eigenvalue weighted by atomic mass is 35.5. The Morgan fingerprint density at radius 3 is 2.26 bits per heavy atom. The molecule has 4 aromatic rings. The summed E-state index contributed by atoms with van der Waals surface area (Å²) in [6.45, 7) is 5.65. The fourth-order valence-corrected chi connectivity index (χ4v) is 4.09. The monoisotopic (exact) mass is 562 g/mol. The van der Waals surface area contributed by atoms with Crippen LogP contribution in [0.5, 0.6) is 5.88 Å². The zero-order valence-electron chi connectivity index (χ0n) is 20.7. The Bertz CT molecular complexity index is 1580. The highest BCUT2D eigenvalue weighted by Crippen LogP contribution is 2.37. The lowest BCUT2D eigenvalue weighted by atomic mass is 9.96. The molecule has 2 aromatic carbocycles. The average Bonchev–Trinajstić information content (AvgIpc) is 3.17. The summed E-state index contributed by atoms with van der Waals surface area (Å²) in [4.78, 5) is 13.4. The van der Waals surface area contributed by atoms with E-state index in [-0.39, 0.29) is 24.7 Å². The summed E-state index contributed by atoms with van der Waals surface area (Å²) in [7, 11) is 0. The minimum Gasteiger partial charge on any atom is -0.476 e. The number of rotatable bonds is 7. The number of aromatic nitrogens is 4. The van der Waals surface area contributed by atoms with Crippen LogP contribution >= 0.6 is 23.2 Å². The number of nitrogens with zero attached hydrogens (tertiary/aromatic N) is 4. The molecule has 0 aliphatic carbocycles.